The molecule has 0 aromatic carbocycles. The monoisotopic (exact) mass is 384 g/mol. The lowest BCUT2D eigenvalue weighted by atomic mass is 9.92. The van der Waals surface area contributed by atoms with Gasteiger partial charge in [0.1, 0.15) is 11.5 Å². The summed E-state index contributed by atoms with van der Waals surface area (Å²) >= 11 is 1.66. The minimum absolute atomic E-state index is 0.0539. The summed E-state index contributed by atoms with van der Waals surface area (Å²) < 4.78 is 10.8. The van der Waals surface area contributed by atoms with Crippen LogP contribution in [0.25, 0.3) is 0 Å². The molecule has 1 saturated carbocycles. The zero-order chi connectivity index (χ0) is 19.0. The third-order valence-electron chi connectivity index (χ3n) is 5.54. The standard InChI is InChI=1S/C22H24O4S/c1-3-17(19-5-4-14(2)27-19)20-18(23)10-16(26-21(20)24)12-22(7-8-22)11-15-6-9-25-13-15/h4-6,9-10,13,17,23H,3,7-8,11-12H2,1-2H3. The highest BCUT2D eigenvalue weighted by Crippen LogP contribution is 2.51. The van der Waals surface area contributed by atoms with Gasteiger partial charge in [0.25, 0.3) is 0 Å². The summed E-state index contributed by atoms with van der Waals surface area (Å²) in [5.41, 5.74) is 1.24. The number of hydrogen-bond acceptors (Lipinski definition) is 5. The molecule has 1 aliphatic carbocycles. The number of rotatable bonds is 7. The van der Waals surface area contributed by atoms with Gasteiger partial charge in [-0.15, -0.1) is 11.3 Å². The van der Waals surface area contributed by atoms with Crippen molar-refractivity contribution >= 4 is 11.3 Å². The van der Waals surface area contributed by atoms with E-state index < -0.39 is 5.63 Å². The molecule has 1 atom stereocenters. The molecular formula is C22H24O4S. The molecule has 1 fully saturated rings. The fraction of sp³-hybridized carbons (Fsp3) is 0.409. The van der Waals surface area contributed by atoms with E-state index in [1.807, 2.05) is 32.0 Å². The van der Waals surface area contributed by atoms with Crippen molar-refractivity contribution < 1.29 is 13.9 Å². The number of hydrogen-bond donors (Lipinski definition) is 1. The van der Waals surface area contributed by atoms with Crippen molar-refractivity contribution in [3.63, 3.8) is 0 Å². The van der Waals surface area contributed by atoms with Crippen molar-refractivity contribution in [1.29, 1.82) is 0 Å². The fourth-order valence-corrected chi connectivity index (χ4v) is 4.99. The van der Waals surface area contributed by atoms with Crippen LogP contribution < -0.4 is 5.63 Å². The molecule has 27 heavy (non-hydrogen) atoms. The second-order valence-corrected chi connectivity index (χ2v) is 9.01. The summed E-state index contributed by atoms with van der Waals surface area (Å²) in [6.07, 6.45) is 7.95. The maximum absolute atomic E-state index is 12.7. The third-order valence-corrected chi connectivity index (χ3v) is 6.66. The van der Waals surface area contributed by atoms with Crippen LogP contribution in [0.5, 0.6) is 5.75 Å². The van der Waals surface area contributed by atoms with E-state index in [2.05, 4.69) is 0 Å². The fourth-order valence-electron chi connectivity index (χ4n) is 3.92. The van der Waals surface area contributed by atoms with Crippen molar-refractivity contribution in [2.75, 3.05) is 0 Å². The largest absolute Gasteiger partial charge is 0.507 e. The molecule has 0 aliphatic heterocycles. The molecule has 3 heterocycles. The Kier molecular flexibility index (Phi) is 4.72. The summed E-state index contributed by atoms with van der Waals surface area (Å²) in [4.78, 5) is 15.0. The van der Waals surface area contributed by atoms with Crippen LogP contribution in [0.15, 0.2) is 50.4 Å². The normalized spacial score (nSPS) is 16.4. The molecule has 0 amide bonds. The predicted octanol–water partition coefficient (Wildman–Crippen LogP) is 5.42. The molecule has 4 rings (SSSR count). The molecule has 142 valence electrons. The van der Waals surface area contributed by atoms with Gasteiger partial charge in [0, 0.05) is 28.2 Å². The van der Waals surface area contributed by atoms with Crippen LogP contribution in [0.2, 0.25) is 0 Å². The first-order chi connectivity index (χ1) is 13.0. The zero-order valence-electron chi connectivity index (χ0n) is 15.7. The van der Waals surface area contributed by atoms with Gasteiger partial charge in [-0.2, -0.15) is 0 Å². The quantitative estimate of drug-likeness (QED) is 0.591. The van der Waals surface area contributed by atoms with Crippen LogP contribution >= 0.6 is 11.3 Å². The maximum Gasteiger partial charge on any atom is 0.343 e. The average Bonchev–Trinajstić information content (AvgIpc) is 2.99. The predicted molar refractivity (Wildman–Crippen MR) is 106 cm³/mol. The van der Waals surface area contributed by atoms with Crippen molar-refractivity contribution in [2.24, 2.45) is 5.41 Å². The van der Waals surface area contributed by atoms with Crippen LogP contribution in [-0.4, -0.2) is 5.11 Å². The molecule has 1 aliphatic rings. The van der Waals surface area contributed by atoms with Gasteiger partial charge in [0.05, 0.1) is 18.1 Å². The smallest absolute Gasteiger partial charge is 0.343 e. The van der Waals surface area contributed by atoms with Crippen molar-refractivity contribution in [1.82, 2.24) is 0 Å². The highest BCUT2D eigenvalue weighted by atomic mass is 32.1. The second kappa shape index (κ2) is 7.04. The topological polar surface area (TPSA) is 63.6 Å². The molecule has 1 N–H and O–H groups in total. The van der Waals surface area contributed by atoms with Crippen LogP contribution in [0, 0.1) is 12.3 Å². The minimum Gasteiger partial charge on any atom is -0.507 e. The lowest BCUT2D eigenvalue weighted by Crippen LogP contribution is -2.16. The van der Waals surface area contributed by atoms with Crippen molar-refractivity contribution in [3.8, 4) is 5.75 Å². The van der Waals surface area contributed by atoms with E-state index in [-0.39, 0.29) is 17.1 Å². The van der Waals surface area contributed by atoms with E-state index in [0.717, 1.165) is 36.1 Å². The summed E-state index contributed by atoms with van der Waals surface area (Å²) in [7, 11) is 0. The Bertz CT molecular complexity index is 976. The van der Waals surface area contributed by atoms with Crippen molar-refractivity contribution in [2.45, 2.75) is 51.9 Å². The van der Waals surface area contributed by atoms with Crippen LogP contribution in [-0.2, 0) is 12.8 Å². The molecule has 0 saturated heterocycles. The van der Waals surface area contributed by atoms with E-state index in [1.165, 1.54) is 4.88 Å². The molecular weight excluding hydrogens is 360 g/mol. The van der Waals surface area contributed by atoms with E-state index >= 15 is 0 Å². The number of aromatic hydroxyl groups is 1. The number of aryl methyl sites for hydroxylation is 1. The molecule has 4 nitrogen and oxygen atoms in total. The first kappa shape index (κ1) is 18.1. The second-order valence-electron chi connectivity index (χ2n) is 7.69. The van der Waals surface area contributed by atoms with E-state index in [9.17, 15) is 9.90 Å². The molecule has 0 radical (unpaired) electrons. The van der Waals surface area contributed by atoms with Gasteiger partial charge < -0.3 is 13.9 Å². The Labute approximate surface area is 162 Å². The van der Waals surface area contributed by atoms with Gasteiger partial charge >= 0.3 is 5.63 Å². The van der Waals surface area contributed by atoms with Gasteiger partial charge in [-0.1, -0.05) is 6.92 Å². The Morgan fingerprint density at radius 3 is 2.63 bits per heavy atom. The van der Waals surface area contributed by atoms with E-state index in [0.29, 0.717) is 17.7 Å². The van der Waals surface area contributed by atoms with Gasteiger partial charge in [-0.25, -0.2) is 4.79 Å². The first-order valence-corrected chi connectivity index (χ1v) is 10.2. The lowest BCUT2D eigenvalue weighted by Gasteiger charge is -2.16. The van der Waals surface area contributed by atoms with E-state index in [4.69, 9.17) is 8.83 Å². The minimum atomic E-state index is -0.415. The molecule has 0 bridgehead atoms. The van der Waals surface area contributed by atoms with Crippen LogP contribution in [0.1, 0.15) is 58.7 Å². The van der Waals surface area contributed by atoms with Gasteiger partial charge in [0.15, 0.2) is 0 Å². The third kappa shape index (κ3) is 3.74. The van der Waals surface area contributed by atoms with E-state index in [1.54, 1.807) is 29.9 Å². The molecule has 3 aromatic heterocycles. The molecule has 3 aromatic rings. The van der Waals surface area contributed by atoms with Crippen LogP contribution in [0.4, 0.5) is 0 Å². The SMILES string of the molecule is CCC(c1ccc(C)s1)c1c(O)cc(CC2(Cc3ccoc3)CC2)oc1=O. The Hall–Kier alpha value is -2.27. The van der Waals surface area contributed by atoms with Crippen molar-refractivity contribution in [3.05, 3.63) is 73.9 Å². The van der Waals surface area contributed by atoms with Gasteiger partial charge in [0.2, 0.25) is 0 Å². The highest BCUT2D eigenvalue weighted by Gasteiger charge is 2.43. The Balaban J connectivity index is 1.59. The maximum atomic E-state index is 12.7. The molecule has 1 unspecified atom stereocenters. The number of thiophene rings is 1. The Morgan fingerprint density at radius 2 is 2.07 bits per heavy atom. The molecule has 5 heteroatoms. The lowest BCUT2D eigenvalue weighted by molar-refractivity contribution is 0.372. The molecule has 0 spiro atoms. The summed E-state index contributed by atoms with van der Waals surface area (Å²) in [6.45, 7) is 4.07. The average molecular weight is 384 g/mol. The summed E-state index contributed by atoms with van der Waals surface area (Å²) in [5, 5.41) is 10.6. The van der Waals surface area contributed by atoms with Crippen LogP contribution in [0.3, 0.4) is 0 Å². The number of furan rings is 1. The Morgan fingerprint density at radius 1 is 1.26 bits per heavy atom. The summed E-state index contributed by atoms with van der Waals surface area (Å²) in [6, 6.07) is 7.70. The zero-order valence-corrected chi connectivity index (χ0v) is 16.5. The summed E-state index contributed by atoms with van der Waals surface area (Å²) in [5.74, 6) is 0.493. The first-order valence-electron chi connectivity index (χ1n) is 9.43. The highest BCUT2D eigenvalue weighted by molar-refractivity contribution is 7.12. The van der Waals surface area contributed by atoms with Gasteiger partial charge in [-0.05, 0) is 61.8 Å². The van der Waals surface area contributed by atoms with Gasteiger partial charge in [-0.3, -0.25) is 0 Å².